The second-order valence-electron chi connectivity index (χ2n) is 7.75. The van der Waals surface area contributed by atoms with Crippen molar-refractivity contribution < 1.29 is 9.47 Å². The molecule has 6 heteroatoms. The van der Waals surface area contributed by atoms with Crippen LogP contribution in [0.1, 0.15) is 24.5 Å². The quantitative estimate of drug-likeness (QED) is 0.378. The topological polar surface area (TPSA) is 58.1 Å². The van der Waals surface area contributed by atoms with Crippen molar-refractivity contribution >= 4 is 5.96 Å². The number of hydrogen-bond acceptors (Lipinski definition) is 4. The predicted molar refractivity (Wildman–Crippen MR) is 122 cm³/mol. The van der Waals surface area contributed by atoms with Crippen molar-refractivity contribution in [2.75, 3.05) is 33.9 Å². The van der Waals surface area contributed by atoms with E-state index in [1.807, 2.05) is 19.2 Å². The maximum absolute atomic E-state index is 5.61. The van der Waals surface area contributed by atoms with Gasteiger partial charge in [0.05, 0.1) is 6.61 Å². The minimum atomic E-state index is 0.395. The molecule has 2 unspecified atom stereocenters. The minimum Gasteiger partial charge on any atom is -0.491 e. The fraction of sp³-hybridized carbons (Fsp3) is 0.458. The normalized spacial score (nSPS) is 19.6. The van der Waals surface area contributed by atoms with Gasteiger partial charge in [-0.2, -0.15) is 0 Å². The molecule has 1 aliphatic rings. The molecule has 2 aromatic rings. The van der Waals surface area contributed by atoms with Crippen LogP contribution in [-0.2, 0) is 17.8 Å². The van der Waals surface area contributed by atoms with E-state index in [2.05, 4.69) is 69.9 Å². The highest BCUT2D eigenvalue weighted by atomic mass is 16.5. The Morgan fingerprint density at radius 2 is 1.83 bits per heavy atom. The Morgan fingerprint density at radius 1 is 1.07 bits per heavy atom. The number of guanidine groups is 1. The van der Waals surface area contributed by atoms with Crippen LogP contribution in [-0.4, -0.2) is 56.9 Å². The van der Waals surface area contributed by atoms with Crippen molar-refractivity contribution in [1.82, 2.24) is 15.5 Å². The van der Waals surface area contributed by atoms with Crippen LogP contribution >= 0.6 is 0 Å². The number of benzene rings is 2. The molecule has 6 nitrogen and oxygen atoms in total. The van der Waals surface area contributed by atoms with Crippen LogP contribution in [0, 0.1) is 0 Å². The van der Waals surface area contributed by atoms with Gasteiger partial charge >= 0.3 is 0 Å². The first kappa shape index (κ1) is 22.1. The van der Waals surface area contributed by atoms with Gasteiger partial charge in [-0.1, -0.05) is 42.5 Å². The lowest BCUT2D eigenvalue weighted by Gasteiger charge is -2.21. The molecule has 0 radical (unpaired) electrons. The number of nitrogens with zero attached hydrogens (tertiary/aromatic N) is 2. The van der Waals surface area contributed by atoms with E-state index in [1.165, 1.54) is 11.1 Å². The summed E-state index contributed by atoms with van der Waals surface area (Å²) in [6.45, 7) is 6.18. The number of aliphatic imine (C=N–C) groups is 1. The molecule has 30 heavy (non-hydrogen) atoms. The third kappa shape index (κ3) is 6.75. The van der Waals surface area contributed by atoms with Gasteiger partial charge in [0.25, 0.3) is 0 Å². The second-order valence-corrected chi connectivity index (χ2v) is 7.75. The van der Waals surface area contributed by atoms with Crippen molar-refractivity contribution in [2.24, 2.45) is 4.99 Å². The third-order valence-corrected chi connectivity index (χ3v) is 5.44. The maximum Gasteiger partial charge on any atom is 0.191 e. The lowest BCUT2D eigenvalue weighted by atomic mass is 10.2. The first-order chi connectivity index (χ1) is 14.7. The van der Waals surface area contributed by atoms with Crippen LogP contribution < -0.4 is 15.4 Å². The van der Waals surface area contributed by atoms with Crippen LogP contribution in [0.15, 0.2) is 59.6 Å². The van der Waals surface area contributed by atoms with E-state index in [1.54, 1.807) is 7.11 Å². The molecule has 1 aliphatic heterocycles. The van der Waals surface area contributed by atoms with E-state index >= 15 is 0 Å². The highest BCUT2D eigenvalue weighted by Crippen LogP contribution is 2.20. The monoisotopic (exact) mass is 410 g/mol. The largest absolute Gasteiger partial charge is 0.491 e. The Hall–Kier alpha value is -2.57. The van der Waals surface area contributed by atoms with Crippen LogP contribution in [0.25, 0.3) is 0 Å². The molecule has 3 rings (SSSR count). The zero-order valence-corrected chi connectivity index (χ0v) is 18.3. The summed E-state index contributed by atoms with van der Waals surface area (Å²) in [7, 11) is 3.49. The molecular weight excluding hydrogens is 376 g/mol. The number of methoxy groups -OCH3 is 1. The number of nitrogens with one attached hydrogen (secondary N) is 2. The zero-order chi connectivity index (χ0) is 21.2. The number of rotatable bonds is 9. The molecule has 0 spiro atoms. The molecule has 1 heterocycles. The number of likely N-dealkylation sites (tertiary alicyclic amines) is 1. The third-order valence-electron chi connectivity index (χ3n) is 5.44. The van der Waals surface area contributed by atoms with Crippen molar-refractivity contribution in [3.05, 3.63) is 65.7 Å². The van der Waals surface area contributed by atoms with E-state index < -0.39 is 0 Å². The summed E-state index contributed by atoms with van der Waals surface area (Å²) in [5.74, 6) is 1.70. The second kappa shape index (κ2) is 11.6. The molecule has 1 fully saturated rings. The smallest absolute Gasteiger partial charge is 0.191 e. The van der Waals surface area contributed by atoms with E-state index in [0.717, 1.165) is 31.2 Å². The summed E-state index contributed by atoms with van der Waals surface area (Å²) in [5, 5.41) is 7.01. The SMILES string of the molecule is CN=C(NCc1ccc(OCCOC)cc1)NC1CC(C)N(Cc2ccccc2)C1. The summed E-state index contributed by atoms with van der Waals surface area (Å²) < 4.78 is 10.6. The first-order valence-corrected chi connectivity index (χ1v) is 10.6. The van der Waals surface area contributed by atoms with Gasteiger partial charge in [0.1, 0.15) is 12.4 Å². The van der Waals surface area contributed by atoms with Gasteiger partial charge in [0.2, 0.25) is 0 Å². The van der Waals surface area contributed by atoms with Gasteiger partial charge < -0.3 is 20.1 Å². The summed E-state index contributed by atoms with van der Waals surface area (Å²) in [5.41, 5.74) is 2.55. The van der Waals surface area contributed by atoms with E-state index in [9.17, 15) is 0 Å². The predicted octanol–water partition coefficient (Wildman–Crippen LogP) is 3.04. The van der Waals surface area contributed by atoms with E-state index in [-0.39, 0.29) is 0 Å². The molecule has 1 saturated heterocycles. The average Bonchev–Trinajstić information content (AvgIpc) is 3.11. The Morgan fingerprint density at radius 3 is 2.53 bits per heavy atom. The highest BCUT2D eigenvalue weighted by Gasteiger charge is 2.29. The Balaban J connectivity index is 1.44. The van der Waals surface area contributed by atoms with Gasteiger partial charge in [0.15, 0.2) is 5.96 Å². The number of ether oxygens (including phenoxy) is 2. The molecule has 2 N–H and O–H groups in total. The summed E-state index contributed by atoms with van der Waals surface area (Å²) >= 11 is 0. The van der Waals surface area contributed by atoms with Gasteiger partial charge in [-0.15, -0.1) is 0 Å². The lowest BCUT2D eigenvalue weighted by molar-refractivity contribution is 0.146. The van der Waals surface area contributed by atoms with E-state index in [0.29, 0.717) is 31.8 Å². The molecule has 0 bridgehead atoms. The highest BCUT2D eigenvalue weighted by molar-refractivity contribution is 5.80. The lowest BCUT2D eigenvalue weighted by Crippen LogP contribution is -2.44. The number of hydrogen-bond donors (Lipinski definition) is 2. The fourth-order valence-electron chi connectivity index (χ4n) is 3.76. The summed E-state index contributed by atoms with van der Waals surface area (Å²) in [4.78, 5) is 6.94. The fourth-order valence-corrected chi connectivity index (χ4v) is 3.76. The van der Waals surface area contributed by atoms with Gasteiger partial charge in [-0.05, 0) is 36.6 Å². The van der Waals surface area contributed by atoms with Crippen molar-refractivity contribution in [3.63, 3.8) is 0 Å². The van der Waals surface area contributed by atoms with Gasteiger partial charge in [-0.25, -0.2) is 0 Å². The zero-order valence-electron chi connectivity index (χ0n) is 18.3. The van der Waals surface area contributed by atoms with Crippen LogP contribution in [0.3, 0.4) is 0 Å². The Kier molecular flexibility index (Phi) is 8.53. The van der Waals surface area contributed by atoms with Crippen molar-refractivity contribution in [1.29, 1.82) is 0 Å². The molecule has 0 saturated carbocycles. The first-order valence-electron chi connectivity index (χ1n) is 10.6. The maximum atomic E-state index is 5.61. The molecule has 2 aromatic carbocycles. The van der Waals surface area contributed by atoms with E-state index in [4.69, 9.17) is 9.47 Å². The molecule has 0 amide bonds. The van der Waals surface area contributed by atoms with Crippen LogP contribution in [0.4, 0.5) is 0 Å². The van der Waals surface area contributed by atoms with Gasteiger partial charge in [-0.3, -0.25) is 9.89 Å². The Labute approximate surface area is 180 Å². The molecule has 2 atom stereocenters. The Bertz CT molecular complexity index is 780. The van der Waals surface area contributed by atoms with Crippen molar-refractivity contribution in [3.8, 4) is 5.75 Å². The summed E-state index contributed by atoms with van der Waals surface area (Å²) in [6, 6.07) is 19.7. The van der Waals surface area contributed by atoms with Crippen molar-refractivity contribution in [2.45, 2.75) is 38.5 Å². The standard InChI is InChI=1S/C24H34N4O2/c1-19-15-22(18-28(19)17-21-7-5-4-6-8-21)27-24(25-2)26-16-20-9-11-23(12-10-20)30-14-13-29-3/h4-12,19,22H,13-18H2,1-3H3,(H2,25,26,27). The average molecular weight is 411 g/mol. The minimum absolute atomic E-state index is 0.395. The molecule has 0 aromatic heterocycles. The molecule has 0 aliphatic carbocycles. The molecule has 162 valence electrons. The molecular formula is C24H34N4O2. The van der Waals surface area contributed by atoms with Crippen LogP contribution in [0.2, 0.25) is 0 Å². The summed E-state index contributed by atoms with van der Waals surface area (Å²) in [6.07, 6.45) is 1.11. The van der Waals surface area contributed by atoms with Gasteiger partial charge in [0, 0.05) is 45.9 Å². The van der Waals surface area contributed by atoms with Crippen LogP contribution in [0.5, 0.6) is 5.75 Å².